The highest BCUT2D eigenvalue weighted by Gasteiger charge is 2.47. The zero-order valence-electron chi connectivity index (χ0n) is 19.3. The molecule has 2 aliphatic rings. The fourth-order valence-corrected chi connectivity index (χ4v) is 6.74. The predicted octanol–water partition coefficient (Wildman–Crippen LogP) is 3.48. The second kappa shape index (κ2) is 8.74. The highest BCUT2D eigenvalue weighted by atomic mass is 35.5. The lowest BCUT2D eigenvalue weighted by Crippen LogP contribution is -2.57. The number of fused-ring (bicyclic) bond motifs is 1. The third-order valence-electron chi connectivity index (χ3n) is 6.85. The molecule has 35 heavy (non-hydrogen) atoms. The van der Waals surface area contributed by atoms with E-state index in [1.807, 2.05) is 11.8 Å². The number of rotatable bonds is 5. The molecule has 2 aliphatic heterocycles. The molecule has 0 radical (unpaired) electrons. The first-order valence-electron chi connectivity index (χ1n) is 11.1. The first kappa shape index (κ1) is 24.0. The van der Waals surface area contributed by atoms with Crippen LogP contribution in [0.15, 0.2) is 44.4 Å². The predicted molar refractivity (Wildman–Crippen MR) is 127 cm³/mol. The van der Waals surface area contributed by atoms with Gasteiger partial charge in [-0.2, -0.15) is 4.31 Å². The molecular formula is C23H24ClFN4O5S. The Morgan fingerprint density at radius 1 is 1.23 bits per heavy atom. The van der Waals surface area contributed by atoms with Gasteiger partial charge in [-0.15, -0.1) is 5.10 Å². The summed E-state index contributed by atoms with van der Waals surface area (Å²) in [5, 5.41) is 6.57. The minimum atomic E-state index is -4.12. The van der Waals surface area contributed by atoms with Gasteiger partial charge in [-0.25, -0.2) is 22.7 Å². The number of sulfonamides is 1. The van der Waals surface area contributed by atoms with Crippen LogP contribution < -0.4 is 10.7 Å². The molecule has 2 aromatic carbocycles. The molecule has 2 atom stereocenters. The summed E-state index contributed by atoms with van der Waals surface area (Å²) in [5.41, 5.74) is 2.34. The Kier molecular flexibility index (Phi) is 5.99. The van der Waals surface area contributed by atoms with Crippen molar-refractivity contribution in [3.63, 3.8) is 0 Å². The largest absolute Gasteiger partial charge is 0.434 e. The lowest BCUT2D eigenvalue weighted by Gasteiger charge is -2.47. The summed E-state index contributed by atoms with van der Waals surface area (Å²) < 4.78 is 54.9. The van der Waals surface area contributed by atoms with Crippen LogP contribution in [0.25, 0.3) is 0 Å². The topological polar surface area (TPSA) is 109 Å². The third kappa shape index (κ3) is 3.96. The number of H-pyrrole nitrogens is 1. The molecule has 0 unspecified atom stereocenters. The maximum absolute atomic E-state index is 15.1. The average molecular weight is 523 g/mol. The first-order valence-corrected chi connectivity index (χ1v) is 12.9. The molecule has 0 bridgehead atoms. The fraction of sp³-hybridized carbons (Fsp3) is 0.391. The summed E-state index contributed by atoms with van der Waals surface area (Å²) in [6, 6.07) is 6.40. The fourth-order valence-electron chi connectivity index (χ4n) is 4.79. The van der Waals surface area contributed by atoms with Crippen molar-refractivity contribution in [2.75, 3.05) is 24.8 Å². The van der Waals surface area contributed by atoms with Crippen molar-refractivity contribution in [2.24, 2.45) is 0 Å². The van der Waals surface area contributed by atoms with Gasteiger partial charge in [-0.05, 0) is 54.8 Å². The monoisotopic (exact) mass is 522 g/mol. The molecule has 0 amide bonds. The Hall–Kier alpha value is -2.73. The van der Waals surface area contributed by atoms with Crippen molar-refractivity contribution in [1.29, 1.82) is 0 Å². The van der Waals surface area contributed by atoms with Gasteiger partial charge in [0.15, 0.2) is 0 Å². The van der Waals surface area contributed by atoms with Gasteiger partial charge in [0.2, 0.25) is 15.9 Å². The van der Waals surface area contributed by atoms with Gasteiger partial charge in [-0.1, -0.05) is 24.6 Å². The first-order chi connectivity index (χ1) is 16.6. The summed E-state index contributed by atoms with van der Waals surface area (Å²) in [4.78, 5) is 13.8. The van der Waals surface area contributed by atoms with Gasteiger partial charge < -0.3 is 14.1 Å². The summed E-state index contributed by atoms with van der Waals surface area (Å²) in [7, 11) is -4.12. The molecule has 186 valence electrons. The van der Waals surface area contributed by atoms with Gasteiger partial charge >= 0.3 is 5.76 Å². The summed E-state index contributed by atoms with van der Waals surface area (Å²) >= 11 is 6.21. The van der Waals surface area contributed by atoms with Crippen molar-refractivity contribution in [2.45, 2.75) is 43.7 Å². The molecular weight excluding hydrogens is 499 g/mol. The number of anilines is 1. The van der Waals surface area contributed by atoms with Gasteiger partial charge in [0.1, 0.15) is 16.8 Å². The number of ether oxygens (including phenoxy) is 1. The molecule has 1 fully saturated rings. The van der Waals surface area contributed by atoms with Crippen LogP contribution in [0.2, 0.25) is 5.02 Å². The summed E-state index contributed by atoms with van der Waals surface area (Å²) in [6.45, 7) is 6.09. The van der Waals surface area contributed by atoms with Gasteiger partial charge in [0.25, 0.3) is 0 Å². The normalized spacial score (nSPS) is 19.7. The molecule has 5 rings (SSSR count). The molecule has 3 aromatic rings. The van der Waals surface area contributed by atoms with Gasteiger partial charge in [0.05, 0.1) is 31.6 Å². The average Bonchev–Trinajstić information content (AvgIpc) is 3.18. The van der Waals surface area contributed by atoms with Crippen LogP contribution >= 0.6 is 11.6 Å². The Bertz CT molecular complexity index is 1450. The Labute approximate surface area is 206 Å². The number of hydrogen-bond donors (Lipinski definition) is 1. The smallest absolute Gasteiger partial charge is 0.391 e. The van der Waals surface area contributed by atoms with E-state index in [2.05, 4.69) is 10.2 Å². The van der Waals surface area contributed by atoms with Crippen LogP contribution in [0.1, 0.15) is 41.5 Å². The van der Waals surface area contributed by atoms with Crippen molar-refractivity contribution in [3.05, 3.63) is 74.3 Å². The number of benzene rings is 2. The highest BCUT2D eigenvalue weighted by Crippen LogP contribution is 2.45. The number of halogens is 2. The standard InChI is InChI=1S/C23H24ClFN4O5S/c1-12-4-6-17(25)20(13(12)2)14(3)21(22-26-27-23(30)34-22)29-11-28(16-9-33-10-16)18-8-15(24)5-7-19(18)35(29,31)32/h4-8,14,16,21H,9-11H2,1-3H3,(H,27,30)/t14-,21+/m1/s1. The van der Waals surface area contributed by atoms with Crippen LogP contribution in [0.5, 0.6) is 0 Å². The van der Waals surface area contributed by atoms with E-state index in [1.54, 1.807) is 26.0 Å². The summed E-state index contributed by atoms with van der Waals surface area (Å²) in [6.07, 6.45) is 0. The Balaban J connectivity index is 1.70. The number of nitrogens with one attached hydrogen (secondary N) is 1. The van der Waals surface area contributed by atoms with E-state index in [-0.39, 0.29) is 23.5 Å². The number of nitrogens with zero attached hydrogens (tertiary/aromatic N) is 3. The van der Waals surface area contributed by atoms with E-state index in [4.69, 9.17) is 20.8 Å². The van der Waals surface area contributed by atoms with E-state index < -0.39 is 33.6 Å². The zero-order chi connectivity index (χ0) is 25.1. The third-order valence-corrected chi connectivity index (χ3v) is 8.95. The molecule has 12 heteroatoms. The van der Waals surface area contributed by atoms with Crippen LogP contribution in [-0.4, -0.2) is 48.8 Å². The lowest BCUT2D eigenvalue weighted by atomic mass is 9.87. The van der Waals surface area contributed by atoms with E-state index in [9.17, 15) is 13.2 Å². The Morgan fingerprint density at radius 2 is 1.97 bits per heavy atom. The number of aryl methyl sites for hydroxylation is 1. The number of hydrogen-bond acceptors (Lipinski definition) is 7. The van der Waals surface area contributed by atoms with Crippen LogP contribution in [0.3, 0.4) is 0 Å². The minimum Gasteiger partial charge on any atom is -0.391 e. The number of aromatic nitrogens is 2. The number of aromatic amines is 1. The van der Waals surface area contributed by atoms with Gasteiger partial charge in [-0.3, -0.25) is 0 Å². The van der Waals surface area contributed by atoms with Crippen molar-refractivity contribution in [1.82, 2.24) is 14.5 Å². The van der Waals surface area contributed by atoms with Crippen molar-refractivity contribution in [3.8, 4) is 0 Å². The molecule has 3 heterocycles. The minimum absolute atomic E-state index is 0.0524. The van der Waals surface area contributed by atoms with E-state index in [0.717, 1.165) is 5.56 Å². The Morgan fingerprint density at radius 3 is 2.60 bits per heavy atom. The molecule has 1 N–H and O–H groups in total. The van der Waals surface area contributed by atoms with Crippen LogP contribution in [0, 0.1) is 19.7 Å². The quantitative estimate of drug-likeness (QED) is 0.546. The van der Waals surface area contributed by atoms with E-state index >= 15 is 4.39 Å². The molecule has 0 spiro atoms. The van der Waals surface area contributed by atoms with Crippen molar-refractivity contribution >= 4 is 27.3 Å². The summed E-state index contributed by atoms with van der Waals surface area (Å²) in [5.74, 6) is -2.20. The lowest BCUT2D eigenvalue weighted by molar-refractivity contribution is 0.00379. The van der Waals surface area contributed by atoms with Crippen LogP contribution in [0.4, 0.5) is 10.1 Å². The second-order valence-corrected chi connectivity index (χ2v) is 11.2. The second-order valence-electron chi connectivity index (χ2n) is 8.89. The molecule has 9 nitrogen and oxygen atoms in total. The SMILES string of the molecule is Cc1ccc(F)c([C@@H](C)[C@@H](c2n[nH]c(=O)o2)N2CN(C3COC3)c3cc(Cl)ccc3S2(=O)=O)c1C. The zero-order valence-corrected chi connectivity index (χ0v) is 20.9. The van der Waals surface area contributed by atoms with E-state index in [0.29, 0.717) is 35.1 Å². The highest BCUT2D eigenvalue weighted by molar-refractivity contribution is 7.89. The van der Waals surface area contributed by atoms with Crippen molar-refractivity contribution < 1.29 is 22.0 Å². The maximum Gasteiger partial charge on any atom is 0.434 e. The molecule has 0 aliphatic carbocycles. The van der Waals surface area contributed by atoms with Crippen LogP contribution in [-0.2, 0) is 14.8 Å². The maximum atomic E-state index is 15.1. The molecule has 0 saturated carbocycles. The molecule has 1 aromatic heterocycles. The van der Waals surface area contributed by atoms with Gasteiger partial charge in [0, 0.05) is 10.9 Å². The molecule has 1 saturated heterocycles. The van der Waals surface area contributed by atoms with E-state index in [1.165, 1.54) is 22.5 Å².